The summed E-state index contributed by atoms with van der Waals surface area (Å²) in [5.74, 6) is 0. The van der Waals surface area contributed by atoms with Gasteiger partial charge in [0.25, 0.3) is 0 Å². The van der Waals surface area contributed by atoms with Crippen molar-refractivity contribution < 1.29 is 0 Å². The predicted octanol–water partition coefficient (Wildman–Crippen LogP) is 3.57. The van der Waals surface area contributed by atoms with E-state index in [0.717, 1.165) is 29.2 Å². The van der Waals surface area contributed by atoms with Crippen molar-refractivity contribution in [2.24, 2.45) is 0 Å². The minimum atomic E-state index is 0.767. The van der Waals surface area contributed by atoms with E-state index in [1.54, 1.807) is 0 Å². The molecule has 0 aliphatic heterocycles. The average molecular weight is 278 g/mol. The van der Waals surface area contributed by atoms with E-state index in [-0.39, 0.29) is 0 Å². The smallest absolute Gasteiger partial charge is 0.0770 e. The number of nitrogens with two attached hydrogens (primary N) is 1. The molecule has 3 N–H and O–H groups in total. The number of aryl methyl sites for hydroxylation is 1. The number of nitrogens with zero attached hydrogens (tertiary/aromatic N) is 2. The number of aromatic nitrogens is 2. The molecule has 0 aliphatic rings. The third-order valence-electron chi connectivity index (χ3n) is 3.38. The van der Waals surface area contributed by atoms with E-state index in [0.29, 0.717) is 0 Å². The lowest BCUT2D eigenvalue weighted by atomic mass is 10.2. The lowest BCUT2D eigenvalue weighted by Crippen LogP contribution is -1.99. The number of hydrogen-bond acceptors (Lipinski definition) is 3. The molecule has 0 amide bonds. The zero-order chi connectivity index (χ0) is 14.7. The number of nitrogen functional groups attached to an aromatic ring is 1. The number of nitrogens with one attached hydrogen (secondary N) is 1. The lowest BCUT2D eigenvalue weighted by Gasteiger charge is -2.06. The number of anilines is 3. The van der Waals surface area contributed by atoms with Crippen molar-refractivity contribution in [3.63, 3.8) is 0 Å². The van der Waals surface area contributed by atoms with Gasteiger partial charge < -0.3 is 11.1 Å². The highest BCUT2D eigenvalue weighted by atomic mass is 15.3. The molecule has 4 heteroatoms. The summed E-state index contributed by atoms with van der Waals surface area (Å²) in [6, 6.07) is 16.2. The predicted molar refractivity (Wildman–Crippen MR) is 86.6 cm³/mol. The second-order valence-electron chi connectivity index (χ2n) is 5.11. The Hall–Kier alpha value is -2.75. The normalized spacial score (nSPS) is 10.5. The molecule has 0 radical (unpaired) electrons. The largest absolute Gasteiger partial charge is 0.399 e. The van der Waals surface area contributed by atoms with Gasteiger partial charge in [-0.15, -0.1) is 0 Å². The van der Waals surface area contributed by atoms with Crippen LogP contribution in [0.1, 0.15) is 11.1 Å². The molecule has 0 fully saturated rings. The van der Waals surface area contributed by atoms with E-state index < -0.39 is 0 Å². The van der Waals surface area contributed by atoms with Crippen molar-refractivity contribution in [2.45, 2.75) is 13.5 Å². The fraction of sp³-hybridized carbons (Fsp3) is 0.118. The highest BCUT2D eigenvalue weighted by Crippen LogP contribution is 2.20. The van der Waals surface area contributed by atoms with Gasteiger partial charge in [-0.05, 0) is 36.2 Å². The molecule has 0 unspecified atom stereocenters. The molecule has 0 saturated carbocycles. The van der Waals surface area contributed by atoms with Crippen molar-refractivity contribution in [1.82, 2.24) is 9.78 Å². The Bertz CT molecular complexity index is 732. The summed E-state index contributed by atoms with van der Waals surface area (Å²) in [5, 5.41) is 7.72. The molecular formula is C17H18N4. The highest BCUT2D eigenvalue weighted by Gasteiger charge is 2.01. The monoisotopic (exact) mass is 278 g/mol. The molecule has 1 aromatic heterocycles. The van der Waals surface area contributed by atoms with Crippen molar-refractivity contribution in [3.8, 4) is 0 Å². The Morgan fingerprint density at radius 3 is 2.67 bits per heavy atom. The first-order chi connectivity index (χ1) is 10.2. The highest BCUT2D eigenvalue weighted by molar-refractivity contribution is 5.63. The fourth-order valence-corrected chi connectivity index (χ4v) is 2.21. The molecule has 2 aromatic carbocycles. The molecule has 0 saturated heterocycles. The molecule has 0 aliphatic carbocycles. The van der Waals surface area contributed by atoms with Gasteiger partial charge in [0.1, 0.15) is 0 Å². The Morgan fingerprint density at radius 2 is 1.90 bits per heavy atom. The van der Waals surface area contributed by atoms with Crippen LogP contribution in [0.4, 0.5) is 17.1 Å². The van der Waals surface area contributed by atoms with Gasteiger partial charge in [-0.1, -0.05) is 30.3 Å². The van der Waals surface area contributed by atoms with E-state index in [1.807, 2.05) is 60.4 Å². The minimum Gasteiger partial charge on any atom is -0.399 e. The summed E-state index contributed by atoms with van der Waals surface area (Å²) >= 11 is 0. The van der Waals surface area contributed by atoms with Crippen LogP contribution in [0, 0.1) is 6.92 Å². The van der Waals surface area contributed by atoms with Crippen LogP contribution in [-0.4, -0.2) is 9.78 Å². The van der Waals surface area contributed by atoms with E-state index in [1.165, 1.54) is 5.56 Å². The number of rotatable bonds is 4. The molecule has 0 atom stereocenters. The van der Waals surface area contributed by atoms with E-state index >= 15 is 0 Å². The van der Waals surface area contributed by atoms with Gasteiger partial charge in [-0.2, -0.15) is 5.10 Å². The van der Waals surface area contributed by atoms with Crippen LogP contribution in [0.15, 0.2) is 60.9 Å². The first-order valence-electron chi connectivity index (χ1n) is 6.90. The first-order valence-corrected chi connectivity index (χ1v) is 6.90. The summed E-state index contributed by atoms with van der Waals surface area (Å²) in [6.45, 7) is 2.77. The second kappa shape index (κ2) is 5.71. The number of benzene rings is 2. The quantitative estimate of drug-likeness (QED) is 0.717. The Kier molecular flexibility index (Phi) is 3.60. The molecule has 0 spiro atoms. The Balaban J connectivity index is 1.71. The second-order valence-corrected chi connectivity index (χ2v) is 5.11. The third-order valence-corrected chi connectivity index (χ3v) is 3.38. The maximum Gasteiger partial charge on any atom is 0.0770 e. The van der Waals surface area contributed by atoms with Gasteiger partial charge in [-0.3, -0.25) is 4.68 Å². The zero-order valence-corrected chi connectivity index (χ0v) is 12.0. The van der Waals surface area contributed by atoms with E-state index in [2.05, 4.69) is 22.5 Å². The minimum absolute atomic E-state index is 0.767. The Labute approximate surface area is 124 Å². The molecule has 0 bridgehead atoms. The molecular weight excluding hydrogens is 260 g/mol. The topological polar surface area (TPSA) is 55.9 Å². The van der Waals surface area contributed by atoms with Crippen molar-refractivity contribution in [3.05, 3.63) is 72.1 Å². The average Bonchev–Trinajstić information content (AvgIpc) is 2.91. The molecule has 21 heavy (non-hydrogen) atoms. The maximum absolute atomic E-state index is 5.83. The van der Waals surface area contributed by atoms with Crippen LogP contribution >= 0.6 is 0 Å². The summed E-state index contributed by atoms with van der Waals surface area (Å²) in [7, 11) is 0. The summed E-state index contributed by atoms with van der Waals surface area (Å²) in [5.41, 5.74) is 10.9. The van der Waals surface area contributed by atoms with Gasteiger partial charge in [0.15, 0.2) is 0 Å². The summed E-state index contributed by atoms with van der Waals surface area (Å²) < 4.78 is 1.92. The standard InChI is InChI=1S/C17H18N4/c1-13-9-15(7-8-17(13)18)20-16-10-19-21(12-16)11-14-5-3-2-4-6-14/h2-10,12,20H,11,18H2,1H3. The van der Waals surface area contributed by atoms with Gasteiger partial charge in [-0.25, -0.2) is 0 Å². The van der Waals surface area contributed by atoms with Crippen LogP contribution in [-0.2, 0) is 6.54 Å². The fourth-order valence-electron chi connectivity index (χ4n) is 2.21. The van der Waals surface area contributed by atoms with Crippen LogP contribution in [0.25, 0.3) is 0 Å². The maximum atomic E-state index is 5.83. The van der Waals surface area contributed by atoms with Crippen molar-refractivity contribution in [1.29, 1.82) is 0 Å². The van der Waals surface area contributed by atoms with Gasteiger partial charge in [0.2, 0.25) is 0 Å². The lowest BCUT2D eigenvalue weighted by molar-refractivity contribution is 0.687. The third kappa shape index (κ3) is 3.23. The molecule has 4 nitrogen and oxygen atoms in total. The van der Waals surface area contributed by atoms with Gasteiger partial charge >= 0.3 is 0 Å². The van der Waals surface area contributed by atoms with Crippen LogP contribution in [0.2, 0.25) is 0 Å². The number of hydrogen-bond donors (Lipinski definition) is 2. The molecule has 106 valence electrons. The van der Waals surface area contributed by atoms with Crippen LogP contribution in [0.3, 0.4) is 0 Å². The first kappa shape index (κ1) is 13.2. The van der Waals surface area contributed by atoms with E-state index in [4.69, 9.17) is 5.73 Å². The SMILES string of the molecule is Cc1cc(Nc2cnn(Cc3ccccc3)c2)ccc1N. The van der Waals surface area contributed by atoms with E-state index in [9.17, 15) is 0 Å². The summed E-state index contributed by atoms with van der Waals surface area (Å²) in [6.07, 6.45) is 3.83. The molecule has 3 aromatic rings. The van der Waals surface area contributed by atoms with Gasteiger partial charge in [0.05, 0.1) is 18.4 Å². The molecule has 1 heterocycles. The molecule has 3 rings (SSSR count). The van der Waals surface area contributed by atoms with Crippen LogP contribution < -0.4 is 11.1 Å². The van der Waals surface area contributed by atoms with Crippen molar-refractivity contribution >= 4 is 17.1 Å². The summed E-state index contributed by atoms with van der Waals surface area (Å²) in [4.78, 5) is 0. The van der Waals surface area contributed by atoms with Crippen LogP contribution in [0.5, 0.6) is 0 Å². The van der Waals surface area contributed by atoms with Crippen molar-refractivity contribution in [2.75, 3.05) is 11.1 Å². The zero-order valence-electron chi connectivity index (χ0n) is 12.0. The van der Waals surface area contributed by atoms with Gasteiger partial charge in [0, 0.05) is 17.6 Å². The Morgan fingerprint density at radius 1 is 1.10 bits per heavy atom.